The molecular weight excluding hydrogens is 332 g/mol. The minimum atomic E-state index is -0.0612. The number of anilines is 1. The van der Waals surface area contributed by atoms with Gasteiger partial charge in [0.05, 0.1) is 5.75 Å². The monoisotopic (exact) mass is 352 g/mol. The molecular formula is C19H20N4OS. The Kier molecular flexibility index (Phi) is 5.19. The van der Waals surface area contributed by atoms with E-state index >= 15 is 0 Å². The van der Waals surface area contributed by atoms with E-state index in [-0.39, 0.29) is 11.7 Å². The highest BCUT2D eigenvalue weighted by atomic mass is 32.2. The number of hydrogen-bond donors (Lipinski definition) is 1. The number of para-hydroxylation sites is 1. The smallest absolute Gasteiger partial charge is 0.234 e. The molecule has 1 aromatic heterocycles. The van der Waals surface area contributed by atoms with Crippen molar-refractivity contribution in [3.63, 3.8) is 0 Å². The molecule has 6 heteroatoms. The lowest BCUT2D eigenvalue weighted by Crippen LogP contribution is -2.15. The molecule has 5 nitrogen and oxygen atoms in total. The van der Waals surface area contributed by atoms with Crippen LogP contribution < -0.4 is 5.32 Å². The third-order valence-corrected chi connectivity index (χ3v) is 4.98. The molecule has 0 aliphatic carbocycles. The number of benzene rings is 2. The van der Waals surface area contributed by atoms with Crippen LogP contribution in [0.5, 0.6) is 0 Å². The van der Waals surface area contributed by atoms with Crippen LogP contribution in [0.3, 0.4) is 0 Å². The maximum atomic E-state index is 12.2. The number of rotatable bonds is 5. The topological polar surface area (TPSA) is 59.8 Å². The van der Waals surface area contributed by atoms with E-state index in [9.17, 15) is 4.79 Å². The van der Waals surface area contributed by atoms with Gasteiger partial charge in [-0.3, -0.25) is 9.36 Å². The minimum absolute atomic E-state index is 0.0612. The Bertz CT molecular complexity index is 904. The second-order valence-corrected chi connectivity index (χ2v) is 6.85. The molecule has 1 amide bonds. The molecule has 128 valence electrons. The summed E-state index contributed by atoms with van der Waals surface area (Å²) in [7, 11) is 0. The molecule has 1 heterocycles. The first-order valence-corrected chi connectivity index (χ1v) is 8.99. The Hall–Kier alpha value is -2.60. The van der Waals surface area contributed by atoms with Gasteiger partial charge >= 0.3 is 0 Å². The Morgan fingerprint density at radius 1 is 1.08 bits per heavy atom. The molecule has 0 aliphatic rings. The van der Waals surface area contributed by atoms with Gasteiger partial charge in [0, 0.05) is 11.4 Å². The van der Waals surface area contributed by atoms with E-state index in [0.717, 1.165) is 16.9 Å². The highest BCUT2D eigenvalue weighted by Crippen LogP contribution is 2.22. The first kappa shape index (κ1) is 17.2. The summed E-state index contributed by atoms with van der Waals surface area (Å²) in [5, 5.41) is 11.8. The Morgan fingerprint density at radius 2 is 1.88 bits per heavy atom. The van der Waals surface area contributed by atoms with Gasteiger partial charge in [0.15, 0.2) is 5.16 Å². The quantitative estimate of drug-likeness (QED) is 0.707. The van der Waals surface area contributed by atoms with Crippen molar-refractivity contribution in [2.24, 2.45) is 0 Å². The fraction of sp³-hybridized carbons (Fsp3) is 0.211. The molecule has 0 unspecified atom stereocenters. The molecule has 0 saturated carbocycles. The van der Waals surface area contributed by atoms with Crippen LogP contribution in [0, 0.1) is 20.8 Å². The van der Waals surface area contributed by atoms with Crippen molar-refractivity contribution >= 4 is 23.4 Å². The molecule has 0 spiro atoms. The van der Waals surface area contributed by atoms with Crippen LogP contribution in [0.2, 0.25) is 0 Å². The molecule has 3 rings (SSSR count). The lowest BCUT2D eigenvalue weighted by atomic mass is 10.1. The van der Waals surface area contributed by atoms with Crippen molar-refractivity contribution in [2.45, 2.75) is 25.9 Å². The largest absolute Gasteiger partial charge is 0.325 e. The predicted molar refractivity (Wildman–Crippen MR) is 101 cm³/mol. The highest BCUT2D eigenvalue weighted by molar-refractivity contribution is 7.99. The van der Waals surface area contributed by atoms with Crippen LogP contribution in [0.1, 0.15) is 16.7 Å². The lowest BCUT2D eigenvalue weighted by Gasteiger charge is -2.09. The normalized spacial score (nSPS) is 10.7. The van der Waals surface area contributed by atoms with E-state index in [1.54, 1.807) is 6.33 Å². The van der Waals surface area contributed by atoms with Gasteiger partial charge in [0.2, 0.25) is 5.91 Å². The van der Waals surface area contributed by atoms with Crippen molar-refractivity contribution < 1.29 is 4.79 Å². The number of carbonyl (C=O) groups is 1. The van der Waals surface area contributed by atoms with Gasteiger partial charge in [-0.1, -0.05) is 36.0 Å². The number of aryl methyl sites for hydroxylation is 3. The molecule has 0 bridgehead atoms. The summed E-state index contributed by atoms with van der Waals surface area (Å²) in [6.45, 7) is 6.13. The molecule has 3 aromatic rings. The lowest BCUT2D eigenvalue weighted by molar-refractivity contribution is -0.113. The van der Waals surface area contributed by atoms with Crippen LogP contribution in [-0.2, 0) is 4.79 Å². The summed E-state index contributed by atoms with van der Waals surface area (Å²) in [6.07, 6.45) is 1.67. The van der Waals surface area contributed by atoms with Crippen molar-refractivity contribution in [1.82, 2.24) is 14.8 Å². The molecule has 0 radical (unpaired) electrons. The second-order valence-electron chi connectivity index (χ2n) is 5.90. The fourth-order valence-corrected chi connectivity index (χ4v) is 3.13. The summed E-state index contributed by atoms with van der Waals surface area (Å²) in [5.41, 5.74) is 5.32. The number of hydrogen-bond acceptors (Lipinski definition) is 4. The Balaban J connectivity index is 1.68. The summed E-state index contributed by atoms with van der Waals surface area (Å²) in [4.78, 5) is 12.2. The molecule has 1 N–H and O–H groups in total. The predicted octanol–water partition coefficient (Wildman–Crippen LogP) is 3.92. The van der Waals surface area contributed by atoms with E-state index in [4.69, 9.17) is 0 Å². The summed E-state index contributed by atoms with van der Waals surface area (Å²) in [6, 6.07) is 13.9. The van der Waals surface area contributed by atoms with Crippen molar-refractivity contribution in [3.8, 4) is 5.69 Å². The van der Waals surface area contributed by atoms with E-state index in [1.807, 2.05) is 41.8 Å². The Labute approximate surface area is 151 Å². The van der Waals surface area contributed by atoms with Crippen molar-refractivity contribution in [3.05, 3.63) is 65.5 Å². The zero-order chi connectivity index (χ0) is 17.8. The zero-order valence-electron chi connectivity index (χ0n) is 14.5. The van der Waals surface area contributed by atoms with Crippen LogP contribution >= 0.6 is 11.8 Å². The maximum Gasteiger partial charge on any atom is 0.234 e. The first-order chi connectivity index (χ1) is 12.0. The summed E-state index contributed by atoms with van der Waals surface area (Å²) >= 11 is 1.37. The van der Waals surface area contributed by atoms with Gasteiger partial charge in [0.1, 0.15) is 6.33 Å². The van der Waals surface area contributed by atoms with Gasteiger partial charge in [0.25, 0.3) is 0 Å². The number of nitrogens with one attached hydrogen (secondary N) is 1. The molecule has 0 aliphatic heterocycles. The first-order valence-electron chi connectivity index (χ1n) is 8.00. The van der Waals surface area contributed by atoms with Gasteiger partial charge < -0.3 is 5.32 Å². The number of carbonyl (C=O) groups excluding carboxylic acids is 1. The van der Waals surface area contributed by atoms with Crippen LogP contribution in [-0.4, -0.2) is 26.4 Å². The third kappa shape index (κ3) is 4.09. The Morgan fingerprint density at radius 3 is 2.64 bits per heavy atom. The average molecular weight is 352 g/mol. The molecule has 25 heavy (non-hydrogen) atoms. The maximum absolute atomic E-state index is 12.2. The molecule has 0 fully saturated rings. The van der Waals surface area contributed by atoms with E-state index in [2.05, 4.69) is 41.5 Å². The van der Waals surface area contributed by atoms with Gasteiger partial charge in [-0.05, 0) is 55.7 Å². The van der Waals surface area contributed by atoms with Gasteiger partial charge in [-0.15, -0.1) is 10.2 Å². The minimum Gasteiger partial charge on any atom is -0.325 e. The standard InChI is InChI=1S/C19H20N4OS/c1-13-8-9-16(10-15(13)3)23-12-20-22-19(23)25-11-18(24)21-17-7-5-4-6-14(17)2/h4-10,12H,11H2,1-3H3,(H,21,24). The average Bonchev–Trinajstić information content (AvgIpc) is 3.06. The van der Waals surface area contributed by atoms with Gasteiger partial charge in [-0.25, -0.2) is 0 Å². The number of amides is 1. The number of aromatic nitrogens is 3. The number of nitrogens with zero attached hydrogens (tertiary/aromatic N) is 3. The van der Waals surface area contributed by atoms with E-state index < -0.39 is 0 Å². The van der Waals surface area contributed by atoms with Crippen LogP contribution in [0.4, 0.5) is 5.69 Å². The number of thioether (sulfide) groups is 1. The van der Waals surface area contributed by atoms with E-state index in [0.29, 0.717) is 5.16 Å². The summed E-state index contributed by atoms with van der Waals surface area (Å²) < 4.78 is 1.90. The highest BCUT2D eigenvalue weighted by Gasteiger charge is 2.11. The molecule has 2 aromatic carbocycles. The van der Waals surface area contributed by atoms with Crippen molar-refractivity contribution in [1.29, 1.82) is 0 Å². The van der Waals surface area contributed by atoms with Crippen LogP contribution in [0.25, 0.3) is 5.69 Å². The van der Waals surface area contributed by atoms with Gasteiger partial charge in [-0.2, -0.15) is 0 Å². The molecule has 0 saturated heterocycles. The zero-order valence-corrected chi connectivity index (χ0v) is 15.3. The third-order valence-electron chi connectivity index (χ3n) is 4.04. The van der Waals surface area contributed by atoms with Crippen molar-refractivity contribution in [2.75, 3.05) is 11.1 Å². The fourth-order valence-electron chi connectivity index (χ4n) is 2.40. The van der Waals surface area contributed by atoms with Crippen LogP contribution in [0.15, 0.2) is 53.9 Å². The van der Waals surface area contributed by atoms with E-state index in [1.165, 1.54) is 22.9 Å². The summed E-state index contributed by atoms with van der Waals surface area (Å²) in [5.74, 6) is 0.214. The molecule has 0 atom stereocenters. The SMILES string of the molecule is Cc1ccc(-n2cnnc2SCC(=O)Nc2ccccc2C)cc1C. The second kappa shape index (κ2) is 7.53.